The quantitative estimate of drug-likeness (QED) is 0.832. The van der Waals surface area contributed by atoms with Gasteiger partial charge in [0.2, 0.25) is 5.91 Å². The molecule has 6 heteroatoms. The van der Waals surface area contributed by atoms with Crippen LogP contribution in [0.25, 0.3) is 0 Å². The lowest BCUT2D eigenvalue weighted by Crippen LogP contribution is -2.34. The number of amides is 1. The zero-order valence-electron chi connectivity index (χ0n) is 11.3. The molecule has 0 aliphatic heterocycles. The van der Waals surface area contributed by atoms with Crippen LogP contribution in [0, 0.1) is 5.92 Å². The number of aryl methyl sites for hydroxylation is 1. The number of rotatable bonds is 4. The molecule has 0 saturated heterocycles. The third kappa shape index (κ3) is 3.15. The topological polar surface area (TPSA) is 63.9 Å². The van der Waals surface area contributed by atoms with Gasteiger partial charge >= 0.3 is 0 Å². The van der Waals surface area contributed by atoms with Crippen molar-refractivity contribution >= 4 is 11.9 Å². The minimum atomic E-state index is -0.118. The number of hydrogen-bond donors (Lipinski definition) is 0. The van der Waals surface area contributed by atoms with Gasteiger partial charge in [-0.2, -0.15) is 4.80 Å². The van der Waals surface area contributed by atoms with Crippen LogP contribution in [0.5, 0.6) is 0 Å². The van der Waals surface area contributed by atoms with E-state index >= 15 is 0 Å². The lowest BCUT2D eigenvalue weighted by Gasteiger charge is -2.20. The highest BCUT2D eigenvalue weighted by molar-refractivity contribution is 5.92. The number of hydrogen-bond acceptors (Lipinski definition) is 4. The van der Waals surface area contributed by atoms with Crippen molar-refractivity contribution in [3.05, 3.63) is 35.9 Å². The first-order valence-electron chi connectivity index (χ1n) is 6.17. The van der Waals surface area contributed by atoms with E-state index in [1.54, 1.807) is 11.9 Å². The van der Waals surface area contributed by atoms with Gasteiger partial charge in [0.1, 0.15) is 0 Å². The Morgan fingerprint density at radius 3 is 2.53 bits per heavy atom. The Morgan fingerprint density at radius 2 is 2.00 bits per heavy atom. The molecule has 0 bridgehead atoms. The molecule has 0 fully saturated rings. The van der Waals surface area contributed by atoms with Gasteiger partial charge in [-0.15, -0.1) is 5.10 Å². The minimum absolute atomic E-state index is 0.0168. The molecule has 1 aromatic heterocycles. The SMILES string of the molecule is CC(C)C(=O)N(Cc1ccccc1)c1nnn(C)n1. The van der Waals surface area contributed by atoms with Gasteiger partial charge in [-0.3, -0.25) is 9.69 Å². The summed E-state index contributed by atoms with van der Waals surface area (Å²) in [5, 5.41) is 11.8. The van der Waals surface area contributed by atoms with Crippen molar-refractivity contribution in [3.63, 3.8) is 0 Å². The van der Waals surface area contributed by atoms with Crippen molar-refractivity contribution < 1.29 is 4.79 Å². The zero-order valence-corrected chi connectivity index (χ0v) is 11.3. The third-order valence-electron chi connectivity index (χ3n) is 2.68. The molecule has 0 N–H and O–H groups in total. The van der Waals surface area contributed by atoms with Crippen molar-refractivity contribution in [2.45, 2.75) is 20.4 Å². The Morgan fingerprint density at radius 1 is 1.32 bits per heavy atom. The predicted octanol–water partition coefficient (Wildman–Crippen LogP) is 1.40. The molecule has 100 valence electrons. The number of carbonyl (C=O) groups excluding carboxylic acids is 1. The molecule has 1 heterocycles. The molecule has 2 rings (SSSR count). The second kappa shape index (κ2) is 5.60. The monoisotopic (exact) mass is 259 g/mol. The number of nitrogens with zero attached hydrogens (tertiary/aromatic N) is 5. The Bertz CT molecular complexity index is 549. The molecule has 0 spiro atoms. The van der Waals surface area contributed by atoms with E-state index in [1.807, 2.05) is 44.2 Å². The molecule has 1 aromatic carbocycles. The molecular formula is C13H17N5O. The van der Waals surface area contributed by atoms with Gasteiger partial charge in [0.05, 0.1) is 13.6 Å². The van der Waals surface area contributed by atoms with Crippen molar-refractivity contribution in [1.82, 2.24) is 20.2 Å². The number of tetrazole rings is 1. The number of aromatic nitrogens is 4. The molecule has 0 aliphatic carbocycles. The molecule has 0 radical (unpaired) electrons. The summed E-state index contributed by atoms with van der Waals surface area (Å²) in [6.07, 6.45) is 0. The molecular weight excluding hydrogens is 242 g/mol. The molecule has 6 nitrogen and oxygen atoms in total. The molecule has 0 saturated carbocycles. The number of benzene rings is 1. The van der Waals surface area contributed by atoms with E-state index in [4.69, 9.17) is 0 Å². The van der Waals surface area contributed by atoms with Crippen molar-refractivity contribution in [2.75, 3.05) is 4.90 Å². The molecule has 2 aromatic rings. The molecule has 19 heavy (non-hydrogen) atoms. The fourth-order valence-corrected chi connectivity index (χ4v) is 1.71. The van der Waals surface area contributed by atoms with Crippen LogP contribution in [0.15, 0.2) is 30.3 Å². The van der Waals surface area contributed by atoms with Gasteiger partial charge in [0.15, 0.2) is 0 Å². The van der Waals surface area contributed by atoms with Crippen molar-refractivity contribution in [3.8, 4) is 0 Å². The Labute approximate surface area is 112 Å². The highest BCUT2D eigenvalue weighted by Gasteiger charge is 2.22. The van der Waals surface area contributed by atoms with Crippen LogP contribution < -0.4 is 4.90 Å². The van der Waals surface area contributed by atoms with Crippen molar-refractivity contribution in [1.29, 1.82) is 0 Å². The lowest BCUT2D eigenvalue weighted by molar-refractivity contribution is -0.121. The Balaban J connectivity index is 2.27. The number of anilines is 1. The van der Waals surface area contributed by atoms with E-state index in [-0.39, 0.29) is 11.8 Å². The maximum atomic E-state index is 12.3. The summed E-state index contributed by atoms with van der Waals surface area (Å²) in [5.41, 5.74) is 1.03. The fourth-order valence-electron chi connectivity index (χ4n) is 1.71. The predicted molar refractivity (Wildman–Crippen MR) is 71.3 cm³/mol. The summed E-state index contributed by atoms with van der Waals surface area (Å²) in [6, 6.07) is 9.77. The van der Waals surface area contributed by atoms with Crippen LogP contribution in [0.3, 0.4) is 0 Å². The fraction of sp³-hybridized carbons (Fsp3) is 0.385. The summed E-state index contributed by atoms with van der Waals surface area (Å²) in [6.45, 7) is 4.16. The van der Waals surface area contributed by atoms with E-state index in [0.29, 0.717) is 12.5 Å². The number of carbonyl (C=O) groups is 1. The van der Waals surface area contributed by atoms with E-state index < -0.39 is 0 Å². The van der Waals surface area contributed by atoms with Crippen LogP contribution in [0.1, 0.15) is 19.4 Å². The van der Waals surface area contributed by atoms with Crippen LogP contribution >= 0.6 is 0 Å². The first-order chi connectivity index (χ1) is 9.08. The smallest absolute Gasteiger partial charge is 0.272 e. The average Bonchev–Trinajstić information content (AvgIpc) is 2.83. The minimum Gasteiger partial charge on any atom is -0.274 e. The summed E-state index contributed by atoms with van der Waals surface area (Å²) >= 11 is 0. The first kappa shape index (κ1) is 13.2. The van der Waals surface area contributed by atoms with Gasteiger partial charge in [0, 0.05) is 5.92 Å². The van der Waals surface area contributed by atoms with Gasteiger partial charge in [0.25, 0.3) is 5.95 Å². The standard InChI is InChI=1S/C13H17N5O/c1-10(2)12(19)18(13-14-16-17(3)15-13)9-11-7-5-4-6-8-11/h4-8,10H,9H2,1-3H3. The summed E-state index contributed by atoms with van der Waals surface area (Å²) in [5.74, 6) is 0.203. The van der Waals surface area contributed by atoms with Crippen LogP contribution in [0.4, 0.5) is 5.95 Å². The van der Waals surface area contributed by atoms with Crippen LogP contribution in [0.2, 0.25) is 0 Å². The van der Waals surface area contributed by atoms with Crippen LogP contribution in [-0.2, 0) is 18.4 Å². The molecule has 0 aliphatic rings. The Hall–Kier alpha value is -2.24. The van der Waals surface area contributed by atoms with E-state index in [9.17, 15) is 4.79 Å². The first-order valence-corrected chi connectivity index (χ1v) is 6.17. The van der Waals surface area contributed by atoms with E-state index in [1.165, 1.54) is 4.80 Å². The van der Waals surface area contributed by atoms with Gasteiger partial charge in [-0.25, -0.2) is 0 Å². The van der Waals surface area contributed by atoms with Gasteiger partial charge < -0.3 is 0 Å². The third-order valence-corrected chi connectivity index (χ3v) is 2.68. The van der Waals surface area contributed by atoms with Gasteiger partial charge in [-0.1, -0.05) is 49.3 Å². The average molecular weight is 259 g/mol. The summed E-state index contributed by atoms with van der Waals surface area (Å²) in [7, 11) is 1.68. The molecule has 0 unspecified atom stereocenters. The second-order valence-electron chi connectivity index (χ2n) is 4.64. The highest BCUT2D eigenvalue weighted by Crippen LogP contribution is 2.14. The zero-order chi connectivity index (χ0) is 13.8. The lowest BCUT2D eigenvalue weighted by atomic mass is 10.1. The maximum Gasteiger partial charge on any atom is 0.272 e. The summed E-state index contributed by atoms with van der Waals surface area (Å²) in [4.78, 5) is 15.2. The van der Waals surface area contributed by atoms with Gasteiger partial charge in [-0.05, 0) is 10.8 Å². The normalized spacial score (nSPS) is 10.7. The van der Waals surface area contributed by atoms with E-state index in [2.05, 4.69) is 15.4 Å². The maximum absolute atomic E-state index is 12.3. The van der Waals surface area contributed by atoms with Crippen molar-refractivity contribution in [2.24, 2.45) is 13.0 Å². The largest absolute Gasteiger partial charge is 0.274 e. The molecule has 1 amide bonds. The van der Waals surface area contributed by atoms with E-state index in [0.717, 1.165) is 5.56 Å². The summed E-state index contributed by atoms with van der Waals surface area (Å²) < 4.78 is 0. The second-order valence-corrected chi connectivity index (χ2v) is 4.64. The highest BCUT2D eigenvalue weighted by atomic mass is 16.2. The van der Waals surface area contributed by atoms with Crippen LogP contribution in [-0.4, -0.2) is 26.1 Å². The molecule has 0 atom stereocenters. The Kier molecular flexibility index (Phi) is 3.89.